The standard InChI is InChI=1S/C20H19N3O2.C3H6.2C2H6/c1-5-6-13(2)20-23-18-10-16(7-8-19(18)25-20)22-14(3)15-9-17(24-4)12-21-11-15;1-3-2;2*1-2/h5-12,22H,2-3H2,1,4H3;3H,1H2,2H3;2*1-2H3/b6-5-;;;. The second kappa shape index (κ2) is 16.1. The topological polar surface area (TPSA) is 60.2 Å². The molecule has 0 saturated carbocycles. The molecule has 0 atom stereocenters. The molecule has 3 rings (SSSR count). The Kier molecular flexibility index (Phi) is 14.3. The van der Waals surface area contributed by atoms with Gasteiger partial charge in [-0.25, -0.2) is 4.98 Å². The van der Waals surface area contributed by atoms with Gasteiger partial charge in [-0.2, -0.15) is 0 Å². The number of benzene rings is 1. The molecule has 0 aliphatic heterocycles. The van der Waals surface area contributed by atoms with E-state index >= 15 is 0 Å². The molecule has 0 amide bonds. The van der Waals surface area contributed by atoms with E-state index in [9.17, 15) is 0 Å². The number of pyridine rings is 1. The number of oxazole rings is 1. The van der Waals surface area contributed by atoms with Crippen molar-refractivity contribution in [2.24, 2.45) is 0 Å². The Morgan fingerprint density at radius 2 is 1.72 bits per heavy atom. The molecule has 2 aromatic heterocycles. The van der Waals surface area contributed by atoms with Crippen molar-refractivity contribution in [2.75, 3.05) is 12.4 Å². The molecule has 3 aromatic rings. The van der Waals surface area contributed by atoms with E-state index < -0.39 is 0 Å². The average molecular weight is 436 g/mol. The Labute approximate surface area is 193 Å². The summed E-state index contributed by atoms with van der Waals surface area (Å²) in [5.41, 5.74) is 4.62. The molecule has 0 aliphatic carbocycles. The van der Waals surface area contributed by atoms with E-state index in [0.29, 0.717) is 22.9 Å². The van der Waals surface area contributed by atoms with Gasteiger partial charge in [0.15, 0.2) is 5.58 Å². The maximum Gasteiger partial charge on any atom is 0.226 e. The average Bonchev–Trinajstić information content (AvgIpc) is 3.26. The van der Waals surface area contributed by atoms with Crippen LogP contribution in [-0.2, 0) is 0 Å². The zero-order chi connectivity index (χ0) is 24.5. The van der Waals surface area contributed by atoms with Gasteiger partial charge in [0.2, 0.25) is 5.89 Å². The zero-order valence-electron chi connectivity index (χ0n) is 20.5. The van der Waals surface area contributed by atoms with Gasteiger partial charge in [0.1, 0.15) is 11.3 Å². The van der Waals surface area contributed by atoms with Gasteiger partial charge in [0, 0.05) is 28.7 Å². The summed E-state index contributed by atoms with van der Waals surface area (Å²) in [5, 5.41) is 3.26. The summed E-state index contributed by atoms with van der Waals surface area (Å²) >= 11 is 0. The Morgan fingerprint density at radius 3 is 2.31 bits per heavy atom. The Hall–Kier alpha value is -3.60. The second-order valence-electron chi connectivity index (χ2n) is 5.85. The summed E-state index contributed by atoms with van der Waals surface area (Å²) in [5.74, 6) is 1.20. The molecule has 32 heavy (non-hydrogen) atoms. The fourth-order valence-corrected chi connectivity index (χ4v) is 2.36. The quantitative estimate of drug-likeness (QED) is 0.313. The number of aromatic nitrogens is 2. The maximum atomic E-state index is 5.72. The number of allylic oxidation sites excluding steroid dienone is 4. The van der Waals surface area contributed by atoms with E-state index in [-0.39, 0.29) is 0 Å². The molecular weight excluding hydrogens is 398 g/mol. The lowest BCUT2D eigenvalue weighted by atomic mass is 10.2. The van der Waals surface area contributed by atoms with E-state index in [1.807, 2.05) is 78.0 Å². The lowest BCUT2D eigenvalue weighted by Crippen LogP contribution is -1.98. The molecule has 0 radical (unpaired) electrons. The number of anilines is 1. The number of methoxy groups -OCH3 is 1. The lowest BCUT2D eigenvalue weighted by molar-refractivity contribution is 0.413. The Balaban J connectivity index is 0.00000124. The molecule has 2 heterocycles. The highest BCUT2D eigenvalue weighted by Gasteiger charge is 2.09. The summed E-state index contributed by atoms with van der Waals surface area (Å²) in [6.07, 6.45) is 8.89. The highest BCUT2D eigenvalue weighted by molar-refractivity contribution is 5.84. The molecule has 5 nitrogen and oxygen atoms in total. The van der Waals surface area contributed by atoms with E-state index in [0.717, 1.165) is 22.3 Å². The monoisotopic (exact) mass is 435 g/mol. The highest BCUT2D eigenvalue weighted by Crippen LogP contribution is 2.26. The van der Waals surface area contributed by atoms with Crippen molar-refractivity contribution in [3.05, 3.63) is 86.1 Å². The van der Waals surface area contributed by atoms with Crippen LogP contribution in [0.1, 0.15) is 53.0 Å². The second-order valence-corrected chi connectivity index (χ2v) is 5.85. The number of hydrogen-bond donors (Lipinski definition) is 1. The van der Waals surface area contributed by atoms with Crippen LogP contribution in [0.5, 0.6) is 5.75 Å². The third-order valence-corrected chi connectivity index (χ3v) is 3.62. The fraction of sp³-hybridized carbons (Fsp3) is 0.259. The molecule has 5 heteroatoms. The van der Waals surface area contributed by atoms with Crippen LogP contribution in [0.15, 0.2) is 79.0 Å². The number of nitrogens with one attached hydrogen (secondary N) is 1. The summed E-state index contributed by atoms with van der Waals surface area (Å²) in [4.78, 5) is 8.62. The summed E-state index contributed by atoms with van der Waals surface area (Å²) in [7, 11) is 1.61. The molecule has 0 bridgehead atoms. The first kappa shape index (κ1) is 28.4. The van der Waals surface area contributed by atoms with Gasteiger partial charge in [-0.1, -0.05) is 59.1 Å². The summed E-state index contributed by atoms with van der Waals surface area (Å²) in [6, 6.07) is 7.56. The van der Waals surface area contributed by atoms with Crippen LogP contribution >= 0.6 is 0 Å². The van der Waals surface area contributed by atoms with Crippen LogP contribution in [0.25, 0.3) is 22.4 Å². The Morgan fingerprint density at radius 1 is 1.06 bits per heavy atom. The summed E-state index contributed by atoms with van der Waals surface area (Å²) in [6.45, 7) is 23.2. The molecule has 0 spiro atoms. The van der Waals surface area contributed by atoms with Crippen molar-refractivity contribution >= 4 is 28.1 Å². The number of fused-ring (bicyclic) bond motifs is 1. The van der Waals surface area contributed by atoms with E-state index in [1.54, 1.807) is 25.6 Å². The van der Waals surface area contributed by atoms with Gasteiger partial charge in [0.05, 0.1) is 13.3 Å². The highest BCUT2D eigenvalue weighted by atomic mass is 16.5. The van der Waals surface area contributed by atoms with Crippen LogP contribution in [0.3, 0.4) is 0 Å². The largest absolute Gasteiger partial charge is 0.495 e. The Bertz CT molecular complexity index is 1020. The van der Waals surface area contributed by atoms with Crippen LogP contribution in [-0.4, -0.2) is 17.1 Å². The maximum absolute atomic E-state index is 5.72. The molecule has 0 fully saturated rings. The fourth-order valence-electron chi connectivity index (χ4n) is 2.36. The number of rotatable bonds is 6. The van der Waals surface area contributed by atoms with E-state index in [4.69, 9.17) is 9.15 Å². The van der Waals surface area contributed by atoms with Crippen molar-refractivity contribution in [1.82, 2.24) is 9.97 Å². The molecule has 0 saturated heterocycles. The molecular formula is C27H37N3O2. The zero-order valence-corrected chi connectivity index (χ0v) is 20.5. The van der Waals surface area contributed by atoms with Crippen molar-refractivity contribution < 1.29 is 9.15 Å². The normalized spacial score (nSPS) is 9.34. The van der Waals surface area contributed by atoms with Crippen molar-refractivity contribution in [1.29, 1.82) is 0 Å². The van der Waals surface area contributed by atoms with Crippen LogP contribution in [0.2, 0.25) is 0 Å². The first-order valence-electron chi connectivity index (χ1n) is 10.8. The van der Waals surface area contributed by atoms with Gasteiger partial charge in [-0.15, -0.1) is 6.58 Å². The van der Waals surface area contributed by atoms with Gasteiger partial charge in [-0.05, 0) is 38.1 Å². The minimum Gasteiger partial charge on any atom is -0.495 e. The third kappa shape index (κ3) is 8.64. The first-order chi connectivity index (χ1) is 15.5. The van der Waals surface area contributed by atoms with Crippen LogP contribution in [0.4, 0.5) is 5.69 Å². The van der Waals surface area contributed by atoms with Gasteiger partial charge >= 0.3 is 0 Å². The predicted molar refractivity (Wildman–Crippen MR) is 140 cm³/mol. The van der Waals surface area contributed by atoms with Crippen molar-refractivity contribution in [2.45, 2.75) is 41.5 Å². The summed E-state index contributed by atoms with van der Waals surface area (Å²) < 4.78 is 10.9. The smallest absolute Gasteiger partial charge is 0.226 e. The SMILES string of the molecule is C=C(Nc1ccc2oc(C(=C)/C=C\C)nc2c1)c1cncc(OC)c1.C=CC.CC.CC. The molecule has 1 aromatic carbocycles. The third-order valence-electron chi connectivity index (χ3n) is 3.62. The van der Waals surface area contributed by atoms with Crippen molar-refractivity contribution in [3.8, 4) is 5.75 Å². The molecule has 0 unspecified atom stereocenters. The number of hydrogen-bond acceptors (Lipinski definition) is 5. The van der Waals surface area contributed by atoms with Gasteiger partial charge in [0.25, 0.3) is 0 Å². The van der Waals surface area contributed by atoms with Crippen LogP contribution < -0.4 is 10.1 Å². The number of nitrogens with zero attached hydrogens (tertiary/aromatic N) is 2. The van der Waals surface area contributed by atoms with Gasteiger partial charge in [-0.3, -0.25) is 4.98 Å². The van der Waals surface area contributed by atoms with Gasteiger partial charge < -0.3 is 14.5 Å². The first-order valence-corrected chi connectivity index (χ1v) is 10.8. The van der Waals surface area contributed by atoms with Crippen molar-refractivity contribution in [3.63, 3.8) is 0 Å². The minimum atomic E-state index is 0.515. The molecule has 0 aliphatic rings. The minimum absolute atomic E-state index is 0.515. The lowest BCUT2D eigenvalue weighted by Gasteiger charge is -2.10. The molecule has 1 N–H and O–H groups in total. The number of ether oxygens (including phenoxy) is 1. The molecule has 172 valence electrons. The van der Waals surface area contributed by atoms with E-state index in [2.05, 4.69) is 35.0 Å². The van der Waals surface area contributed by atoms with Crippen LogP contribution in [0, 0.1) is 0 Å². The predicted octanol–water partition coefficient (Wildman–Crippen LogP) is 8.15. The van der Waals surface area contributed by atoms with E-state index in [1.165, 1.54) is 0 Å².